The molecule has 2 rings (SSSR count). The zero-order valence-corrected chi connectivity index (χ0v) is 15.8. The molecule has 7 nitrogen and oxygen atoms in total. The number of esters is 1. The molecule has 0 aromatic carbocycles. The van der Waals surface area contributed by atoms with Crippen LogP contribution in [0, 0.1) is 5.92 Å². The molecule has 0 unspecified atom stereocenters. The molecule has 2 aromatic heterocycles. The van der Waals surface area contributed by atoms with Crippen LogP contribution in [-0.4, -0.2) is 37.4 Å². The number of carbonyl (C=O) groups is 1. The molecule has 1 N–H and O–H groups in total. The molecular formula is C15H22BrN5O2. The van der Waals surface area contributed by atoms with Gasteiger partial charge in [0.05, 0.1) is 5.39 Å². The Balaban J connectivity index is 2.36. The normalized spacial score (nSPS) is 13.4. The Hall–Kier alpha value is -1.70. The van der Waals surface area contributed by atoms with Gasteiger partial charge in [0.25, 0.3) is 0 Å². The fraction of sp³-hybridized carbons (Fsp3) is 0.600. The molecule has 0 aliphatic rings. The van der Waals surface area contributed by atoms with E-state index in [9.17, 15) is 4.79 Å². The van der Waals surface area contributed by atoms with E-state index in [1.165, 1.54) is 6.33 Å². The van der Waals surface area contributed by atoms with E-state index in [-0.39, 0.29) is 11.9 Å². The number of aromatic nitrogens is 4. The van der Waals surface area contributed by atoms with Gasteiger partial charge in [-0.2, -0.15) is 5.10 Å². The maximum absolute atomic E-state index is 12.5. The Bertz CT molecular complexity index is 720. The standard InChI is InChI=1S/C15H22BrN5O2/c1-8(2)10(14(22)23-15(3,4)5)19-12-9-11(16)20-21(6)13(9)18-7-17-12/h7-8,10H,1-6H3,(H,17,18,19)/t10-/m1/s1. The number of aryl methyl sites for hydroxylation is 1. The van der Waals surface area contributed by atoms with Gasteiger partial charge in [-0.3, -0.25) is 0 Å². The van der Waals surface area contributed by atoms with Crippen molar-refractivity contribution in [2.45, 2.75) is 46.3 Å². The molecule has 2 heterocycles. The van der Waals surface area contributed by atoms with Crippen molar-refractivity contribution in [3.05, 3.63) is 10.9 Å². The molecule has 126 valence electrons. The Morgan fingerprint density at radius 2 is 2.00 bits per heavy atom. The van der Waals surface area contributed by atoms with Crippen LogP contribution in [0.5, 0.6) is 0 Å². The van der Waals surface area contributed by atoms with E-state index in [0.29, 0.717) is 16.1 Å². The quantitative estimate of drug-likeness (QED) is 0.817. The topological polar surface area (TPSA) is 81.9 Å². The average molecular weight is 384 g/mol. The lowest BCUT2D eigenvalue weighted by atomic mass is 10.0. The third kappa shape index (κ3) is 3.99. The Morgan fingerprint density at radius 3 is 2.57 bits per heavy atom. The number of halogens is 1. The largest absolute Gasteiger partial charge is 0.458 e. The van der Waals surface area contributed by atoms with Crippen LogP contribution in [0.1, 0.15) is 34.6 Å². The highest BCUT2D eigenvalue weighted by molar-refractivity contribution is 9.10. The van der Waals surface area contributed by atoms with Gasteiger partial charge in [0.2, 0.25) is 0 Å². The van der Waals surface area contributed by atoms with Crippen molar-refractivity contribution in [3.8, 4) is 0 Å². The second-order valence-electron chi connectivity index (χ2n) is 6.73. The summed E-state index contributed by atoms with van der Waals surface area (Å²) in [5.74, 6) is 0.282. The fourth-order valence-electron chi connectivity index (χ4n) is 2.16. The molecule has 23 heavy (non-hydrogen) atoms. The molecule has 0 aliphatic carbocycles. The third-order valence-electron chi connectivity index (χ3n) is 3.20. The van der Waals surface area contributed by atoms with Gasteiger partial charge in [-0.1, -0.05) is 13.8 Å². The Kier molecular flexibility index (Phi) is 4.93. The van der Waals surface area contributed by atoms with E-state index < -0.39 is 11.6 Å². The molecule has 8 heteroatoms. The fourth-order valence-corrected chi connectivity index (χ4v) is 2.76. The lowest BCUT2D eigenvalue weighted by Gasteiger charge is -2.26. The molecule has 0 spiro atoms. The molecule has 2 aromatic rings. The van der Waals surface area contributed by atoms with Gasteiger partial charge in [-0.15, -0.1) is 0 Å². The highest BCUT2D eigenvalue weighted by Crippen LogP contribution is 2.28. The molecule has 1 atom stereocenters. The van der Waals surface area contributed by atoms with Gasteiger partial charge < -0.3 is 10.1 Å². The van der Waals surface area contributed by atoms with Crippen molar-refractivity contribution in [1.29, 1.82) is 0 Å². The molecule has 0 radical (unpaired) electrons. The zero-order chi connectivity index (χ0) is 17.4. The maximum Gasteiger partial charge on any atom is 0.329 e. The number of fused-ring (bicyclic) bond motifs is 1. The highest BCUT2D eigenvalue weighted by atomic mass is 79.9. The Morgan fingerprint density at radius 1 is 1.35 bits per heavy atom. The molecular weight excluding hydrogens is 362 g/mol. The van der Waals surface area contributed by atoms with Crippen LogP contribution in [0.4, 0.5) is 5.82 Å². The molecule has 0 fully saturated rings. The second kappa shape index (κ2) is 6.43. The first-order valence-corrected chi connectivity index (χ1v) is 8.22. The first kappa shape index (κ1) is 17.7. The smallest absolute Gasteiger partial charge is 0.329 e. The van der Waals surface area contributed by atoms with Crippen LogP contribution in [0.2, 0.25) is 0 Å². The minimum atomic E-state index is -0.540. The first-order valence-electron chi connectivity index (χ1n) is 7.42. The van der Waals surface area contributed by atoms with Crippen molar-refractivity contribution >= 4 is 38.8 Å². The zero-order valence-electron chi connectivity index (χ0n) is 14.2. The van der Waals surface area contributed by atoms with Crippen LogP contribution < -0.4 is 5.32 Å². The van der Waals surface area contributed by atoms with E-state index >= 15 is 0 Å². The van der Waals surface area contributed by atoms with Gasteiger partial charge in [-0.25, -0.2) is 19.4 Å². The van der Waals surface area contributed by atoms with Crippen molar-refractivity contribution < 1.29 is 9.53 Å². The number of hydrogen-bond donors (Lipinski definition) is 1. The van der Waals surface area contributed by atoms with E-state index in [0.717, 1.165) is 5.39 Å². The molecule has 0 saturated heterocycles. The summed E-state index contributed by atoms with van der Waals surface area (Å²) in [5, 5.41) is 8.21. The van der Waals surface area contributed by atoms with Gasteiger partial charge in [0.1, 0.15) is 28.4 Å². The molecule has 0 amide bonds. The lowest BCUT2D eigenvalue weighted by molar-refractivity contribution is -0.156. The number of rotatable bonds is 4. The lowest BCUT2D eigenvalue weighted by Crippen LogP contribution is -2.40. The van der Waals surface area contributed by atoms with E-state index in [1.807, 2.05) is 34.6 Å². The van der Waals surface area contributed by atoms with Gasteiger partial charge in [-0.05, 0) is 42.6 Å². The number of hydrogen-bond acceptors (Lipinski definition) is 6. The van der Waals surface area contributed by atoms with Crippen LogP contribution >= 0.6 is 15.9 Å². The number of carbonyl (C=O) groups excluding carboxylic acids is 1. The van der Waals surface area contributed by atoms with Crippen molar-refractivity contribution in [2.75, 3.05) is 5.32 Å². The summed E-state index contributed by atoms with van der Waals surface area (Å²) in [6.07, 6.45) is 1.45. The summed E-state index contributed by atoms with van der Waals surface area (Å²) in [7, 11) is 1.80. The third-order valence-corrected chi connectivity index (χ3v) is 3.75. The summed E-state index contributed by atoms with van der Waals surface area (Å²) in [6.45, 7) is 9.46. The summed E-state index contributed by atoms with van der Waals surface area (Å²) in [6, 6.07) is -0.514. The summed E-state index contributed by atoms with van der Waals surface area (Å²) in [5.41, 5.74) is 0.142. The second-order valence-corrected chi connectivity index (χ2v) is 7.49. The summed E-state index contributed by atoms with van der Waals surface area (Å²) < 4.78 is 7.79. The number of anilines is 1. The van der Waals surface area contributed by atoms with Crippen LogP contribution in [0.15, 0.2) is 10.9 Å². The van der Waals surface area contributed by atoms with E-state index in [1.54, 1.807) is 11.7 Å². The number of nitrogens with zero attached hydrogens (tertiary/aromatic N) is 4. The van der Waals surface area contributed by atoms with Gasteiger partial charge >= 0.3 is 5.97 Å². The van der Waals surface area contributed by atoms with Crippen molar-refractivity contribution in [3.63, 3.8) is 0 Å². The molecule has 0 saturated carbocycles. The first-order chi connectivity index (χ1) is 10.6. The van der Waals surface area contributed by atoms with E-state index in [2.05, 4.69) is 36.3 Å². The van der Waals surface area contributed by atoms with Crippen molar-refractivity contribution in [1.82, 2.24) is 19.7 Å². The highest BCUT2D eigenvalue weighted by Gasteiger charge is 2.29. The van der Waals surface area contributed by atoms with Crippen molar-refractivity contribution in [2.24, 2.45) is 13.0 Å². The van der Waals surface area contributed by atoms with Crippen LogP contribution in [0.25, 0.3) is 11.0 Å². The Labute approximate surface area is 144 Å². The number of ether oxygens (including phenoxy) is 1. The van der Waals surface area contributed by atoms with E-state index in [4.69, 9.17) is 4.74 Å². The molecule has 0 bridgehead atoms. The predicted octanol–water partition coefficient (Wildman–Crippen LogP) is 2.90. The minimum Gasteiger partial charge on any atom is -0.458 e. The average Bonchev–Trinajstić information content (AvgIpc) is 2.69. The molecule has 0 aliphatic heterocycles. The minimum absolute atomic E-state index is 0.0327. The summed E-state index contributed by atoms with van der Waals surface area (Å²) in [4.78, 5) is 21.0. The van der Waals surface area contributed by atoms with Crippen LogP contribution in [-0.2, 0) is 16.6 Å². The van der Waals surface area contributed by atoms with Crippen LogP contribution in [0.3, 0.4) is 0 Å². The monoisotopic (exact) mass is 383 g/mol. The SMILES string of the molecule is CC(C)[C@@H](Nc1ncnc2c1c(Br)nn2C)C(=O)OC(C)(C)C. The number of nitrogens with one attached hydrogen (secondary N) is 1. The predicted molar refractivity (Wildman–Crippen MR) is 92.1 cm³/mol. The maximum atomic E-state index is 12.5. The van der Waals surface area contributed by atoms with Gasteiger partial charge in [0.15, 0.2) is 5.65 Å². The summed E-state index contributed by atoms with van der Waals surface area (Å²) >= 11 is 3.41. The van der Waals surface area contributed by atoms with Gasteiger partial charge in [0, 0.05) is 7.05 Å².